The Morgan fingerprint density at radius 3 is 2.30 bits per heavy atom. The van der Waals surface area contributed by atoms with E-state index in [-0.39, 0.29) is 0 Å². The van der Waals surface area contributed by atoms with Gasteiger partial charge in [0.2, 0.25) is 0 Å². The van der Waals surface area contributed by atoms with E-state index in [1.54, 1.807) is 18.3 Å². The number of azide groups is 1. The van der Waals surface area contributed by atoms with Gasteiger partial charge in [0, 0.05) is 19.7 Å². The molecule has 0 saturated carbocycles. The van der Waals surface area contributed by atoms with Gasteiger partial charge in [-0.2, -0.15) is 5.10 Å². The van der Waals surface area contributed by atoms with Gasteiger partial charge in [-0.15, -0.1) is 0 Å². The monoisotopic (exact) mass is 425 g/mol. The van der Waals surface area contributed by atoms with Gasteiger partial charge in [-0.3, -0.25) is 4.78 Å². The second kappa shape index (κ2) is 11.1. The highest BCUT2D eigenvalue weighted by molar-refractivity contribution is 7.54. The Bertz CT molecular complexity index is 937. The normalized spacial score (nSPS) is 13.7. The van der Waals surface area contributed by atoms with Gasteiger partial charge in [-0.05, 0) is 66.4 Å². The number of hydrogen-bond acceptors (Lipinski definition) is 5. The molecule has 30 heavy (non-hydrogen) atoms. The standard InChI is InChI=1S/C22H28N5O2P/c1-6-16-22(3,28-20-12-8-18(7-2)9-13-20)30(5)27(4)24-17-19-10-14-21(15-11-19)29-26-25-23/h7-15,17,30H,2,5-6,16H2,1,3-4H3/b24-17+. The van der Waals surface area contributed by atoms with Crippen molar-refractivity contribution in [2.75, 3.05) is 7.05 Å². The fourth-order valence-electron chi connectivity index (χ4n) is 2.91. The Kier molecular flexibility index (Phi) is 8.60. The lowest BCUT2D eigenvalue weighted by Crippen LogP contribution is -2.31. The van der Waals surface area contributed by atoms with E-state index in [1.165, 1.54) is 0 Å². The molecule has 2 aromatic carbocycles. The average molecular weight is 425 g/mol. The maximum atomic E-state index is 8.29. The van der Waals surface area contributed by atoms with Crippen LogP contribution in [0.1, 0.15) is 37.8 Å². The molecule has 8 heteroatoms. The smallest absolute Gasteiger partial charge is 0.140 e. The van der Waals surface area contributed by atoms with Gasteiger partial charge < -0.3 is 9.57 Å². The van der Waals surface area contributed by atoms with Crippen LogP contribution in [-0.2, 0) is 0 Å². The van der Waals surface area contributed by atoms with Crippen LogP contribution in [0.5, 0.6) is 11.5 Å². The topological polar surface area (TPSA) is 82.8 Å². The summed E-state index contributed by atoms with van der Waals surface area (Å²) < 4.78 is 8.31. The molecule has 0 aliphatic heterocycles. The Morgan fingerprint density at radius 2 is 1.73 bits per heavy atom. The summed E-state index contributed by atoms with van der Waals surface area (Å²) in [5, 5.41) is 7.23. The average Bonchev–Trinajstić information content (AvgIpc) is 2.76. The van der Waals surface area contributed by atoms with Crippen LogP contribution < -0.4 is 9.57 Å². The first-order valence-electron chi connectivity index (χ1n) is 9.62. The molecule has 0 fully saturated rings. The highest BCUT2D eigenvalue weighted by Gasteiger charge is 2.30. The second-order valence-electron chi connectivity index (χ2n) is 6.90. The fourth-order valence-corrected chi connectivity index (χ4v) is 4.56. The van der Waals surface area contributed by atoms with Crippen LogP contribution in [0.25, 0.3) is 16.5 Å². The van der Waals surface area contributed by atoms with Gasteiger partial charge in [0.1, 0.15) is 22.1 Å². The largest absolute Gasteiger partial charge is 0.482 e. The Labute approximate surface area is 178 Å². The van der Waals surface area contributed by atoms with Gasteiger partial charge in [0.15, 0.2) is 0 Å². The summed E-state index contributed by atoms with van der Waals surface area (Å²) in [6.45, 7) is 8.03. The van der Waals surface area contributed by atoms with Crippen molar-refractivity contribution in [3.63, 3.8) is 0 Å². The minimum Gasteiger partial charge on any atom is -0.482 e. The third-order valence-corrected chi connectivity index (χ3v) is 7.10. The number of rotatable bonds is 11. The van der Waals surface area contributed by atoms with Crippen molar-refractivity contribution >= 4 is 26.3 Å². The Hall–Kier alpha value is -3.14. The molecule has 2 rings (SSSR count). The molecule has 0 N–H and O–H groups in total. The van der Waals surface area contributed by atoms with Crippen LogP contribution in [0.3, 0.4) is 0 Å². The molecule has 2 atom stereocenters. The van der Waals surface area contributed by atoms with E-state index in [4.69, 9.17) is 15.1 Å². The third kappa shape index (κ3) is 6.45. The second-order valence-corrected chi connectivity index (χ2v) is 9.50. The molecular weight excluding hydrogens is 397 g/mol. The molecule has 0 amide bonds. The van der Waals surface area contributed by atoms with Crippen LogP contribution in [0, 0.1) is 0 Å². The fraction of sp³-hybridized carbons (Fsp3) is 0.273. The van der Waals surface area contributed by atoms with Gasteiger partial charge in [0.25, 0.3) is 0 Å². The Morgan fingerprint density at radius 1 is 1.13 bits per heavy atom. The summed E-state index contributed by atoms with van der Waals surface area (Å²) in [6.07, 6.45) is 9.85. The van der Waals surface area contributed by atoms with E-state index in [1.807, 2.05) is 54.3 Å². The van der Waals surface area contributed by atoms with Gasteiger partial charge in [-0.25, -0.2) is 0 Å². The molecule has 2 unspecified atom stereocenters. The zero-order chi connectivity index (χ0) is 22.0. The van der Waals surface area contributed by atoms with Crippen LogP contribution in [0.4, 0.5) is 0 Å². The van der Waals surface area contributed by atoms with E-state index >= 15 is 0 Å². The molecule has 0 spiro atoms. The molecule has 0 aromatic heterocycles. The van der Waals surface area contributed by atoms with Crippen molar-refractivity contribution in [1.29, 1.82) is 0 Å². The molecule has 0 heterocycles. The number of hydrogen-bond donors (Lipinski definition) is 0. The zero-order valence-corrected chi connectivity index (χ0v) is 18.7. The lowest BCUT2D eigenvalue weighted by atomic mass is 10.2. The van der Waals surface area contributed by atoms with Crippen molar-refractivity contribution < 1.29 is 9.57 Å². The highest BCUT2D eigenvalue weighted by atomic mass is 31.1. The van der Waals surface area contributed by atoms with E-state index in [0.29, 0.717) is 5.75 Å². The van der Waals surface area contributed by atoms with E-state index in [2.05, 4.69) is 42.0 Å². The van der Waals surface area contributed by atoms with Crippen molar-refractivity contribution in [3.05, 3.63) is 76.7 Å². The van der Waals surface area contributed by atoms with Crippen LogP contribution in [-0.4, -0.2) is 29.7 Å². The molecule has 158 valence electrons. The maximum absolute atomic E-state index is 8.29. The lowest BCUT2D eigenvalue weighted by molar-refractivity contribution is 0.164. The zero-order valence-electron chi connectivity index (χ0n) is 17.7. The minimum atomic E-state index is -1.41. The number of nitrogens with zero attached hydrogens (tertiary/aromatic N) is 5. The molecule has 0 aliphatic carbocycles. The molecule has 7 nitrogen and oxygen atoms in total. The molecule has 0 saturated heterocycles. The summed E-state index contributed by atoms with van der Waals surface area (Å²) in [5.74, 6) is 1.28. The molecule has 0 bridgehead atoms. The van der Waals surface area contributed by atoms with Crippen molar-refractivity contribution in [1.82, 2.24) is 4.78 Å². The van der Waals surface area contributed by atoms with Gasteiger partial charge in [-0.1, -0.05) is 44.4 Å². The van der Waals surface area contributed by atoms with E-state index < -0.39 is 13.0 Å². The SMILES string of the molecule is C=Cc1ccc(OC(C)(CCC)[PH](=C)N(C)/N=C/c2ccc(ON=[N+]=[N-])cc2)cc1. The molecule has 0 aliphatic rings. The summed E-state index contributed by atoms with van der Waals surface area (Å²) in [6, 6.07) is 15.0. The first kappa shape index (κ1) is 23.1. The first-order valence-corrected chi connectivity index (χ1v) is 11.3. The van der Waals surface area contributed by atoms with Crippen molar-refractivity contribution in [2.45, 2.75) is 32.0 Å². The summed E-state index contributed by atoms with van der Waals surface area (Å²) >= 11 is 0. The molecular formula is C22H28N5O2P. The van der Waals surface area contributed by atoms with Crippen LogP contribution >= 0.6 is 7.70 Å². The van der Waals surface area contributed by atoms with E-state index in [0.717, 1.165) is 29.7 Å². The molecule has 0 radical (unpaired) electrons. The Balaban J connectivity index is 2.11. The van der Waals surface area contributed by atoms with Crippen molar-refractivity contribution in [2.24, 2.45) is 10.4 Å². The lowest BCUT2D eigenvalue weighted by Gasteiger charge is -2.36. The number of hydrazone groups is 1. The predicted octanol–water partition coefficient (Wildman–Crippen LogP) is 6.36. The number of ether oxygens (including phenoxy) is 1. The highest BCUT2D eigenvalue weighted by Crippen LogP contribution is 2.45. The third-order valence-electron chi connectivity index (χ3n) is 4.63. The minimum absolute atomic E-state index is 0.422. The quantitative estimate of drug-likeness (QED) is 0.105. The predicted molar refractivity (Wildman–Crippen MR) is 127 cm³/mol. The van der Waals surface area contributed by atoms with Gasteiger partial charge >= 0.3 is 0 Å². The summed E-state index contributed by atoms with van der Waals surface area (Å²) in [4.78, 5) is 7.40. The van der Waals surface area contributed by atoms with Crippen LogP contribution in [0.15, 0.2) is 65.5 Å². The number of benzene rings is 2. The summed E-state index contributed by atoms with van der Waals surface area (Å²) in [5.41, 5.74) is 10.2. The maximum Gasteiger partial charge on any atom is 0.140 e. The van der Waals surface area contributed by atoms with Gasteiger partial charge in [0.05, 0.1) is 6.21 Å². The summed E-state index contributed by atoms with van der Waals surface area (Å²) in [7, 11) is 0.520. The molecule has 2 aromatic rings. The first-order chi connectivity index (χ1) is 14.4. The van der Waals surface area contributed by atoms with Crippen LogP contribution in [0.2, 0.25) is 0 Å². The van der Waals surface area contributed by atoms with Crippen molar-refractivity contribution in [3.8, 4) is 11.5 Å². The van der Waals surface area contributed by atoms with E-state index in [9.17, 15) is 0 Å².